The number of amidine groups is 1. The molecule has 0 radical (unpaired) electrons. The summed E-state index contributed by atoms with van der Waals surface area (Å²) in [4.78, 5) is 31.2. The molecule has 1 aromatic rings. The van der Waals surface area contributed by atoms with Crippen LogP contribution in [0.25, 0.3) is 0 Å². The third-order valence-corrected chi connectivity index (χ3v) is 6.14. The number of amides is 3. The van der Waals surface area contributed by atoms with Crippen molar-refractivity contribution in [1.82, 2.24) is 4.90 Å². The number of benzene rings is 1. The molecule has 1 atom stereocenters. The Labute approximate surface area is 171 Å². The molecule has 0 fully saturated rings. The average Bonchev–Trinajstić information content (AvgIpc) is 2.69. The number of aliphatic imine (C=N–C) groups is 1. The highest BCUT2D eigenvalue weighted by atomic mass is 32.2. The Morgan fingerprint density at radius 2 is 2.00 bits per heavy atom. The van der Waals surface area contributed by atoms with E-state index in [0.717, 1.165) is 33.9 Å². The number of imide groups is 1. The van der Waals surface area contributed by atoms with Gasteiger partial charge in [0, 0.05) is 10.7 Å². The lowest BCUT2D eigenvalue weighted by atomic mass is 9.96. The number of hydrogen-bond donors (Lipinski definition) is 0. The van der Waals surface area contributed by atoms with Gasteiger partial charge in [0.1, 0.15) is 6.21 Å². The molecule has 29 heavy (non-hydrogen) atoms. The van der Waals surface area contributed by atoms with Crippen molar-refractivity contribution in [3.63, 3.8) is 0 Å². The van der Waals surface area contributed by atoms with Crippen molar-refractivity contribution in [1.29, 1.82) is 0 Å². The lowest BCUT2D eigenvalue weighted by Crippen LogP contribution is -2.52. The number of thioether (sulfide) groups is 1. The molecule has 0 bridgehead atoms. The molecular formula is C20H21F3N3O2S+. The number of hydrogen-bond acceptors (Lipinski definition) is 4. The first-order chi connectivity index (χ1) is 13.6. The van der Waals surface area contributed by atoms with Gasteiger partial charge in [0.2, 0.25) is 0 Å². The van der Waals surface area contributed by atoms with Crippen molar-refractivity contribution < 1.29 is 27.3 Å². The molecule has 0 saturated carbocycles. The average molecular weight is 424 g/mol. The number of urea groups is 1. The van der Waals surface area contributed by atoms with E-state index in [1.807, 2.05) is 6.92 Å². The molecule has 0 aromatic heterocycles. The molecule has 3 amide bonds. The second kappa shape index (κ2) is 8.14. The molecule has 0 N–H and O–H groups in total. The molecule has 1 unspecified atom stereocenters. The summed E-state index contributed by atoms with van der Waals surface area (Å²) in [5, 5.41) is 0. The van der Waals surface area contributed by atoms with E-state index in [1.165, 1.54) is 29.5 Å². The fourth-order valence-corrected chi connectivity index (χ4v) is 4.55. The van der Waals surface area contributed by atoms with Crippen molar-refractivity contribution in [3.8, 4) is 0 Å². The summed E-state index contributed by atoms with van der Waals surface area (Å²) in [6.07, 6.45) is -1.23. The van der Waals surface area contributed by atoms with Gasteiger partial charge in [-0.3, -0.25) is 4.79 Å². The summed E-state index contributed by atoms with van der Waals surface area (Å²) in [7, 11) is 2.98. The van der Waals surface area contributed by atoms with Crippen LogP contribution in [0.5, 0.6) is 0 Å². The van der Waals surface area contributed by atoms with E-state index < -0.39 is 23.7 Å². The highest BCUT2D eigenvalue weighted by Crippen LogP contribution is 2.38. The molecule has 0 saturated heterocycles. The molecule has 3 rings (SSSR count). The predicted octanol–water partition coefficient (Wildman–Crippen LogP) is 4.33. The van der Waals surface area contributed by atoms with Gasteiger partial charge in [-0.25, -0.2) is 4.79 Å². The molecule has 1 aromatic carbocycles. The molecule has 0 spiro atoms. The van der Waals surface area contributed by atoms with Gasteiger partial charge in [-0.1, -0.05) is 31.5 Å². The van der Waals surface area contributed by atoms with Crippen LogP contribution in [-0.4, -0.2) is 47.6 Å². The van der Waals surface area contributed by atoms with Gasteiger partial charge in [0.25, 0.3) is 5.84 Å². The van der Waals surface area contributed by atoms with E-state index in [4.69, 9.17) is 0 Å². The van der Waals surface area contributed by atoms with Crippen molar-refractivity contribution in [2.45, 2.75) is 31.7 Å². The SMILES string of the molecule is CCCC1=C(SCc2cccc(C(F)(F)F)c2)C2C(=O)N(C)C(=O)[N+](C)=C2N=C1. The Morgan fingerprint density at radius 1 is 1.28 bits per heavy atom. The summed E-state index contributed by atoms with van der Waals surface area (Å²) in [6.45, 7) is 2.00. The summed E-state index contributed by atoms with van der Waals surface area (Å²) in [5.41, 5.74) is 0.690. The molecule has 2 aliphatic rings. The summed E-state index contributed by atoms with van der Waals surface area (Å²) in [6, 6.07) is 4.72. The van der Waals surface area contributed by atoms with Crippen molar-refractivity contribution in [2.24, 2.45) is 10.9 Å². The van der Waals surface area contributed by atoms with Crippen LogP contribution in [0.3, 0.4) is 0 Å². The number of rotatable bonds is 5. The van der Waals surface area contributed by atoms with Crippen LogP contribution in [0, 0.1) is 5.92 Å². The fraction of sp³-hybridized carbons (Fsp3) is 0.400. The largest absolute Gasteiger partial charge is 0.445 e. The minimum atomic E-state index is -4.41. The predicted molar refractivity (Wildman–Crippen MR) is 106 cm³/mol. The number of fused-ring (bicyclic) bond motifs is 1. The van der Waals surface area contributed by atoms with E-state index in [2.05, 4.69) is 4.99 Å². The van der Waals surface area contributed by atoms with Crippen molar-refractivity contribution in [3.05, 3.63) is 45.9 Å². The number of carbonyl (C=O) groups is 2. The van der Waals surface area contributed by atoms with Crippen LogP contribution in [0.2, 0.25) is 0 Å². The first-order valence-corrected chi connectivity index (χ1v) is 10.1. The topological polar surface area (TPSA) is 52.8 Å². The van der Waals surface area contributed by atoms with Crippen LogP contribution >= 0.6 is 11.8 Å². The number of carbonyl (C=O) groups excluding carboxylic acids is 2. The minimum Gasteiger partial charge on any atom is -0.255 e. The molecule has 2 heterocycles. The molecule has 0 aliphatic carbocycles. The Morgan fingerprint density at radius 3 is 2.66 bits per heavy atom. The Hall–Kier alpha value is -2.42. The van der Waals surface area contributed by atoms with Crippen molar-refractivity contribution in [2.75, 3.05) is 14.1 Å². The normalized spacial score (nSPS) is 19.9. The van der Waals surface area contributed by atoms with E-state index >= 15 is 0 Å². The minimum absolute atomic E-state index is 0.277. The standard InChI is InChI=1S/C20H21F3N3O2S/c1-4-6-13-10-24-17-15(18(27)26(3)19(28)25(17)2)16(13)29-11-12-7-5-8-14(9-12)20(21,22)23/h5,7-10,15H,4,6,11H2,1-3H3/q+1. The van der Waals surface area contributed by atoms with Crippen LogP contribution < -0.4 is 0 Å². The van der Waals surface area contributed by atoms with Crippen LogP contribution in [0.1, 0.15) is 30.9 Å². The summed E-state index contributed by atoms with van der Waals surface area (Å²) in [5.74, 6) is -0.465. The van der Waals surface area contributed by atoms with Gasteiger partial charge in [0.05, 0.1) is 19.7 Å². The molecule has 9 heteroatoms. The maximum Gasteiger partial charge on any atom is 0.445 e. The molecule has 2 aliphatic heterocycles. The quantitative estimate of drug-likeness (QED) is 0.662. The lowest BCUT2D eigenvalue weighted by Gasteiger charge is -2.28. The zero-order valence-electron chi connectivity index (χ0n) is 16.3. The first kappa shape index (κ1) is 21.3. The number of allylic oxidation sites excluding steroid dienone is 1. The highest BCUT2D eigenvalue weighted by molar-refractivity contribution is 8.02. The third-order valence-electron chi connectivity index (χ3n) is 4.85. The van der Waals surface area contributed by atoms with Crippen LogP contribution in [-0.2, 0) is 16.7 Å². The number of alkyl halides is 3. The van der Waals surface area contributed by atoms with E-state index in [0.29, 0.717) is 17.8 Å². The molecular weight excluding hydrogens is 403 g/mol. The Kier molecular flexibility index (Phi) is 5.97. The number of nitrogens with zero attached hydrogens (tertiary/aromatic N) is 3. The zero-order chi connectivity index (χ0) is 21.3. The maximum atomic E-state index is 13.0. The lowest BCUT2D eigenvalue weighted by molar-refractivity contribution is -0.407. The van der Waals surface area contributed by atoms with E-state index in [1.54, 1.807) is 19.3 Å². The number of dihydropyridines is 1. The maximum absolute atomic E-state index is 13.0. The van der Waals surface area contributed by atoms with E-state index in [9.17, 15) is 22.8 Å². The summed E-state index contributed by atoms with van der Waals surface area (Å²) >= 11 is 1.33. The first-order valence-electron chi connectivity index (χ1n) is 9.13. The fourth-order valence-electron chi connectivity index (χ4n) is 3.33. The number of halogens is 3. The zero-order valence-corrected chi connectivity index (χ0v) is 17.1. The summed E-state index contributed by atoms with van der Waals surface area (Å²) < 4.78 is 40.3. The second-order valence-electron chi connectivity index (χ2n) is 6.91. The highest BCUT2D eigenvalue weighted by Gasteiger charge is 2.48. The van der Waals surface area contributed by atoms with Gasteiger partial charge in [-0.2, -0.15) is 22.6 Å². The van der Waals surface area contributed by atoms with Gasteiger partial charge < -0.3 is 0 Å². The Bertz CT molecular complexity index is 951. The van der Waals surface area contributed by atoms with Gasteiger partial charge in [-0.15, -0.1) is 16.8 Å². The molecule has 154 valence electrons. The van der Waals surface area contributed by atoms with Gasteiger partial charge in [-0.05, 0) is 23.6 Å². The van der Waals surface area contributed by atoms with Gasteiger partial charge in [0.15, 0.2) is 5.92 Å². The Balaban J connectivity index is 1.95. The second-order valence-corrected chi connectivity index (χ2v) is 7.93. The van der Waals surface area contributed by atoms with Crippen LogP contribution in [0.4, 0.5) is 18.0 Å². The molecule has 5 nitrogen and oxygen atoms in total. The van der Waals surface area contributed by atoms with Crippen molar-refractivity contribution >= 4 is 35.8 Å². The van der Waals surface area contributed by atoms with Crippen LogP contribution in [0.15, 0.2) is 39.7 Å². The van der Waals surface area contributed by atoms with E-state index in [-0.39, 0.29) is 11.7 Å². The third kappa shape index (κ3) is 4.14. The smallest absolute Gasteiger partial charge is 0.255 e. The van der Waals surface area contributed by atoms with Gasteiger partial charge >= 0.3 is 18.1 Å². The monoisotopic (exact) mass is 424 g/mol.